The molecule has 1 aliphatic heterocycles. The molecule has 1 N–H and O–H groups in total. The molecule has 1 fully saturated rings. The summed E-state index contributed by atoms with van der Waals surface area (Å²) in [4.78, 5) is 0. The lowest BCUT2D eigenvalue weighted by atomic mass is 10.2. The summed E-state index contributed by atoms with van der Waals surface area (Å²) >= 11 is 0. The van der Waals surface area contributed by atoms with Crippen molar-refractivity contribution < 1.29 is 8.78 Å². The fourth-order valence-electron chi connectivity index (χ4n) is 0.821. The number of hydrogen-bond acceptors (Lipinski definition) is 1. The molecule has 4 heteroatoms. The molecular formula is C5H10ClF2N. The SMILES string of the molecule is C[C@@H]1NCCC1(F)F.Cl. The minimum absolute atomic E-state index is 0. The lowest BCUT2D eigenvalue weighted by molar-refractivity contribution is -0.00534. The summed E-state index contributed by atoms with van der Waals surface area (Å²) in [5.74, 6) is -2.46. The first-order valence-electron chi connectivity index (χ1n) is 2.74. The molecular weight excluding hydrogens is 148 g/mol. The van der Waals surface area contributed by atoms with E-state index in [1.807, 2.05) is 0 Å². The Hall–Kier alpha value is 0.110. The highest BCUT2D eigenvalue weighted by atomic mass is 35.5. The third-order valence-corrected chi connectivity index (χ3v) is 1.54. The highest BCUT2D eigenvalue weighted by Gasteiger charge is 2.40. The predicted molar refractivity (Wildman–Crippen MR) is 34.3 cm³/mol. The van der Waals surface area contributed by atoms with Crippen LogP contribution in [0.2, 0.25) is 0 Å². The van der Waals surface area contributed by atoms with Crippen LogP contribution in [-0.2, 0) is 0 Å². The van der Waals surface area contributed by atoms with Crippen molar-refractivity contribution in [3.8, 4) is 0 Å². The van der Waals surface area contributed by atoms with Crippen molar-refractivity contribution in [2.75, 3.05) is 6.54 Å². The van der Waals surface area contributed by atoms with Gasteiger partial charge in [-0.3, -0.25) is 0 Å². The topological polar surface area (TPSA) is 12.0 Å². The summed E-state index contributed by atoms with van der Waals surface area (Å²) in [5, 5.41) is 2.66. The second-order valence-electron chi connectivity index (χ2n) is 2.19. The van der Waals surface area contributed by atoms with Gasteiger partial charge in [-0.1, -0.05) is 0 Å². The maximum Gasteiger partial charge on any atom is 0.264 e. The zero-order chi connectivity index (χ0) is 6.20. The van der Waals surface area contributed by atoms with E-state index in [4.69, 9.17) is 0 Å². The van der Waals surface area contributed by atoms with E-state index in [0.29, 0.717) is 6.54 Å². The van der Waals surface area contributed by atoms with Crippen molar-refractivity contribution >= 4 is 12.4 Å². The molecule has 1 nitrogen and oxygen atoms in total. The van der Waals surface area contributed by atoms with Gasteiger partial charge in [0.15, 0.2) is 0 Å². The van der Waals surface area contributed by atoms with E-state index < -0.39 is 12.0 Å². The zero-order valence-corrected chi connectivity index (χ0v) is 5.97. The van der Waals surface area contributed by atoms with Crippen molar-refractivity contribution in [2.24, 2.45) is 0 Å². The molecule has 0 spiro atoms. The van der Waals surface area contributed by atoms with Crippen LogP contribution in [-0.4, -0.2) is 18.5 Å². The number of nitrogens with one attached hydrogen (secondary N) is 1. The normalized spacial score (nSPS) is 31.7. The summed E-state index contributed by atoms with van der Waals surface area (Å²) in [6.07, 6.45) is -0.00579. The Morgan fingerprint density at radius 3 is 2.22 bits per heavy atom. The summed E-state index contributed by atoms with van der Waals surface area (Å²) in [6.45, 7) is 1.96. The summed E-state index contributed by atoms with van der Waals surface area (Å²) in [5.41, 5.74) is 0. The molecule has 56 valence electrons. The smallest absolute Gasteiger partial charge is 0.264 e. The molecule has 0 saturated carbocycles. The van der Waals surface area contributed by atoms with Gasteiger partial charge < -0.3 is 5.32 Å². The molecule has 1 rings (SSSR count). The largest absolute Gasteiger partial charge is 0.309 e. The van der Waals surface area contributed by atoms with Crippen LogP contribution in [0.25, 0.3) is 0 Å². The lowest BCUT2D eigenvalue weighted by Crippen LogP contribution is -2.31. The quantitative estimate of drug-likeness (QED) is 0.561. The molecule has 1 heterocycles. The summed E-state index contributed by atoms with van der Waals surface area (Å²) in [7, 11) is 0. The number of halogens is 3. The molecule has 0 unspecified atom stereocenters. The first-order valence-corrected chi connectivity index (χ1v) is 2.74. The monoisotopic (exact) mass is 157 g/mol. The Morgan fingerprint density at radius 2 is 2.11 bits per heavy atom. The molecule has 1 saturated heterocycles. The molecule has 0 aliphatic carbocycles. The first kappa shape index (κ1) is 9.11. The van der Waals surface area contributed by atoms with Gasteiger partial charge in [0.05, 0.1) is 6.04 Å². The van der Waals surface area contributed by atoms with Gasteiger partial charge in [-0.25, -0.2) is 8.78 Å². The molecule has 1 aliphatic rings. The van der Waals surface area contributed by atoms with Crippen LogP contribution in [0, 0.1) is 0 Å². The third-order valence-electron chi connectivity index (χ3n) is 1.54. The van der Waals surface area contributed by atoms with Crippen LogP contribution >= 0.6 is 12.4 Å². The van der Waals surface area contributed by atoms with E-state index in [-0.39, 0.29) is 18.8 Å². The molecule has 0 aromatic rings. The highest BCUT2D eigenvalue weighted by molar-refractivity contribution is 5.85. The van der Waals surface area contributed by atoms with Gasteiger partial charge in [0.1, 0.15) is 0 Å². The first-order chi connectivity index (χ1) is 3.63. The molecule has 0 aromatic heterocycles. The second kappa shape index (κ2) is 2.80. The number of hydrogen-bond donors (Lipinski definition) is 1. The van der Waals surface area contributed by atoms with Crippen LogP contribution in [0.1, 0.15) is 13.3 Å². The Labute approximate surface area is 59.2 Å². The van der Waals surface area contributed by atoms with Crippen LogP contribution < -0.4 is 5.32 Å². The highest BCUT2D eigenvalue weighted by Crippen LogP contribution is 2.26. The fourth-order valence-corrected chi connectivity index (χ4v) is 0.821. The Balaban J connectivity index is 0.000000640. The van der Waals surface area contributed by atoms with Crippen LogP contribution in [0.5, 0.6) is 0 Å². The minimum atomic E-state index is -2.46. The van der Waals surface area contributed by atoms with E-state index in [9.17, 15) is 8.78 Å². The van der Waals surface area contributed by atoms with E-state index in [1.54, 1.807) is 0 Å². The van der Waals surface area contributed by atoms with Crippen molar-refractivity contribution in [1.82, 2.24) is 5.32 Å². The average Bonchev–Trinajstić information content (AvgIpc) is 1.86. The Kier molecular flexibility index (Phi) is 2.83. The lowest BCUT2D eigenvalue weighted by Gasteiger charge is -2.12. The standard InChI is InChI=1S/C5H9F2N.ClH/c1-4-5(6,7)2-3-8-4;/h4,8H,2-3H2,1H3;1H/t4-;/m0./s1. The van der Waals surface area contributed by atoms with Gasteiger partial charge >= 0.3 is 0 Å². The van der Waals surface area contributed by atoms with Gasteiger partial charge in [-0.15, -0.1) is 12.4 Å². The van der Waals surface area contributed by atoms with Crippen LogP contribution in [0.4, 0.5) is 8.78 Å². The van der Waals surface area contributed by atoms with Gasteiger partial charge in [-0.05, 0) is 6.92 Å². The van der Waals surface area contributed by atoms with Gasteiger partial charge in [0.2, 0.25) is 0 Å². The minimum Gasteiger partial charge on any atom is -0.309 e. The van der Waals surface area contributed by atoms with E-state index in [0.717, 1.165) is 0 Å². The molecule has 9 heavy (non-hydrogen) atoms. The Bertz CT molecular complexity index is 97.0. The van der Waals surface area contributed by atoms with Crippen molar-refractivity contribution in [3.63, 3.8) is 0 Å². The van der Waals surface area contributed by atoms with E-state index in [2.05, 4.69) is 5.32 Å². The van der Waals surface area contributed by atoms with Crippen LogP contribution in [0.15, 0.2) is 0 Å². The summed E-state index contributed by atoms with van der Waals surface area (Å²) in [6, 6.07) is -0.623. The Morgan fingerprint density at radius 1 is 1.56 bits per heavy atom. The van der Waals surface area contributed by atoms with Gasteiger partial charge in [0.25, 0.3) is 5.92 Å². The maximum absolute atomic E-state index is 12.3. The predicted octanol–water partition coefficient (Wildman–Crippen LogP) is 1.43. The average molecular weight is 158 g/mol. The number of rotatable bonds is 0. The van der Waals surface area contributed by atoms with Crippen molar-refractivity contribution in [1.29, 1.82) is 0 Å². The fraction of sp³-hybridized carbons (Fsp3) is 1.00. The van der Waals surface area contributed by atoms with Crippen molar-refractivity contribution in [2.45, 2.75) is 25.3 Å². The van der Waals surface area contributed by atoms with Gasteiger partial charge in [-0.2, -0.15) is 0 Å². The van der Waals surface area contributed by atoms with Gasteiger partial charge in [0, 0.05) is 13.0 Å². The maximum atomic E-state index is 12.3. The van der Waals surface area contributed by atoms with Crippen molar-refractivity contribution in [3.05, 3.63) is 0 Å². The second-order valence-corrected chi connectivity index (χ2v) is 2.19. The molecule has 0 amide bonds. The summed E-state index contributed by atoms with van der Waals surface area (Å²) < 4.78 is 24.6. The molecule has 0 radical (unpaired) electrons. The zero-order valence-electron chi connectivity index (χ0n) is 5.16. The van der Waals surface area contributed by atoms with E-state index >= 15 is 0 Å². The molecule has 0 aromatic carbocycles. The molecule has 1 atom stereocenters. The van der Waals surface area contributed by atoms with E-state index in [1.165, 1.54) is 6.92 Å². The third kappa shape index (κ3) is 1.76. The van der Waals surface area contributed by atoms with Crippen LogP contribution in [0.3, 0.4) is 0 Å². The molecule has 0 bridgehead atoms. The number of alkyl halides is 2.